The molecule has 3 rings (SSSR count). The van der Waals surface area contributed by atoms with Crippen molar-refractivity contribution in [1.29, 1.82) is 0 Å². The molecule has 0 atom stereocenters. The van der Waals surface area contributed by atoms with Gasteiger partial charge in [0.1, 0.15) is 0 Å². The molecule has 2 aromatic rings. The zero-order chi connectivity index (χ0) is 17.2. The normalized spacial score (nSPS) is 15.5. The fourth-order valence-corrected chi connectivity index (χ4v) is 4.63. The van der Waals surface area contributed by atoms with Crippen LogP contribution in [0.1, 0.15) is 28.7 Å². The highest BCUT2D eigenvalue weighted by atomic mass is 32.2. The van der Waals surface area contributed by atoms with Gasteiger partial charge in [0, 0.05) is 6.54 Å². The Morgan fingerprint density at radius 3 is 2.75 bits per heavy atom. The van der Waals surface area contributed by atoms with Crippen LogP contribution in [-0.2, 0) is 34.0 Å². The SMILES string of the molecule is Cc1ccccc1CNC(=O)Cc1ccc2c(c1)CCCS2(=O)=O. The minimum atomic E-state index is -3.14. The van der Waals surface area contributed by atoms with Gasteiger partial charge >= 0.3 is 0 Å². The van der Waals surface area contributed by atoms with Crippen molar-refractivity contribution in [2.45, 2.75) is 37.6 Å². The van der Waals surface area contributed by atoms with Gasteiger partial charge in [-0.3, -0.25) is 4.79 Å². The Labute approximate surface area is 142 Å². The third-order valence-electron chi connectivity index (χ3n) is 4.42. The lowest BCUT2D eigenvalue weighted by Gasteiger charge is -2.17. The van der Waals surface area contributed by atoms with Gasteiger partial charge in [-0.25, -0.2) is 8.42 Å². The molecular weight excluding hydrogens is 322 g/mol. The second-order valence-corrected chi connectivity index (χ2v) is 8.32. The maximum absolute atomic E-state index is 12.2. The summed E-state index contributed by atoms with van der Waals surface area (Å²) in [4.78, 5) is 12.6. The van der Waals surface area contributed by atoms with E-state index < -0.39 is 9.84 Å². The Balaban J connectivity index is 1.66. The Morgan fingerprint density at radius 1 is 1.17 bits per heavy atom. The number of benzene rings is 2. The maximum Gasteiger partial charge on any atom is 0.224 e. The van der Waals surface area contributed by atoms with Gasteiger partial charge in [-0.2, -0.15) is 0 Å². The molecule has 5 heteroatoms. The molecule has 4 nitrogen and oxygen atoms in total. The fourth-order valence-electron chi connectivity index (χ4n) is 3.05. The molecule has 0 radical (unpaired) electrons. The molecule has 0 aliphatic carbocycles. The van der Waals surface area contributed by atoms with Crippen LogP contribution in [0.2, 0.25) is 0 Å². The molecule has 1 aliphatic rings. The van der Waals surface area contributed by atoms with E-state index in [0.717, 1.165) is 28.7 Å². The molecule has 0 bridgehead atoms. The van der Waals surface area contributed by atoms with E-state index in [9.17, 15) is 13.2 Å². The molecule has 0 unspecified atom stereocenters. The van der Waals surface area contributed by atoms with Gasteiger partial charge in [-0.05, 0) is 48.1 Å². The molecule has 24 heavy (non-hydrogen) atoms. The highest BCUT2D eigenvalue weighted by Gasteiger charge is 2.23. The summed E-state index contributed by atoms with van der Waals surface area (Å²) in [6.07, 6.45) is 1.67. The summed E-state index contributed by atoms with van der Waals surface area (Å²) in [5, 5.41) is 2.93. The Kier molecular flexibility index (Phi) is 4.71. The standard InChI is InChI=1S/C19H21NO3S/c1-14-5-2-3-6-17(14)13-20-19(21)12-15-8-9-18-16(11-15)7-4-10-24(18,22)23/h2-3,5-6,8-9,11H,4,7,10,12-13H2,1H3,(H,20,21). The van der Waals surface area contributed by atoms with Crippen molar-refractivity contribution < 1.29 is 13.2 Å². The summed E-state index contributed by atoms with van der Waals surface area (Å²) in [5.41, 5.74) is 3.94. The van der Waals surface area contributed by atoms with Gasteiger partial charge in [0.2, 0.25) is 5.91 Å². The van der Waals surface area contributed by atoms with Gasteiger partial charge in [-0.15, -0.1) is 0 Å². The first-order chi connectivity index (χ1) is 11.5. The van der Waals surface area contributed by atoms with Gasteiger partial charge in [-0.1, -0.05) is 36.4 Å². The molecule has 0 spiro atoms. The van der Waals surface area contributed by atoms with E-state index in [2.05, 4.69) is 5.32 Å². The van der Waals surface area contributed by atoms with Crippen molar-refractivity contribution in [3.8, 4) is 0 Å². The minimum absolute atomic E-state index is 0.0585. The van der Waals surface area contributed by atoms with Crippen LogP contribution in [-0.4, -0.2) is 20.1 Å². The summed E-state index contributed by atoms with van der Waals surface area (Å²) in [7, 11) is -3.14. The van der Waals surface area contributed by atoms with Crippen molar-refractivity contribution in [3.63, 3.8) is 0 Å². The van der Waals surface area contributed by atoms with Gasteiger partial charge < -0.3 is 5.32 Å². The smallest absolute Gasteiger partial charge is 0.224 e. The summed E-state index contributed by atoms with van der Waals surface area (Å²) >= 11 is 0. The number of sulfone groups is 1. The monoisotopic (exact) mass is 343 g/mol. The molecule has 1 N–H and O–H groups in total. The van der Waals surface area contributed by atoms with E-state index in [1.165, 1.54) is 0 Å². The zero-order valence-electron chi connectivity index (χ0n) is 13.7. The average Bonchev–Trinajstić information content (AvgIpc) is 2.53. The number of amides is 1. The van der Waals surface area contributed by atoms with Crippen LogP contribution in [0.4, 0.5) is 0 Å². The number of aryl methyl sites for hydroxylation is 2. The summed E-state index contributed by atoms with van der Waals surface area (Å²) in [6, 6.07) is 13.2. The highest BCUT2D eigenvalue weighted by molar-refractivity contribution is 7.91. The average molecular weight is 343 g/mol. The van der Waals surface area contributed by atoms with Crippen molar-refractivity contribution >= 4 is 15.7 Å². The van der Waals surface area contributed by atoms with Crippen molar-refractivity contribution in [2.24, 2.45) is 0 Å². The lowest BCUT2D eigenvalue weighted by molar-refractivity contribution is -0.120. The molecule has 2 aromatic carbocycles. The third kappa shape index (κ3) is 3.67. The number of rotatable bonds is 4. The predicted molar refractivity (Wildman–Crippen MR) is 93.5 cm³/mol. The first-order valence-corrected chi connectivity index (χ1v) is 9.77. The second kappa shape index (κ2) is 6.77. The van der Waals surface area contributed by atoms with Crippen LogP contribution in [0.25, 0.3) is 0 Å². The van der Waals surface area contributed by atoms with E-state index >= 15 is 0 Å². The minimum Gasteiger partial charge on any atom is -0.352 e. The fraction of sp³-hybridized carbons (Fsp3) is 0.316. The molecule has 1 amide bonds. The molecule has 1 aliphatic heterocycles. The molecule has 0 saturated heterocycles. The summed E-state index contributed by atoms with van der Waals surface area (Å²) < 4.78 is 24.0. The first-order valence-electron chi connectivity index (χ1n) is 8.11. The van der Waals surface area contributed by atoms with E-state index in [1.54, 1.807) is 12.1 Å². The van der Waals surface area contributed by atoms with Crippen molar-refractivity contribution in [2.75, 3.05) is 5.75 Å². The number of fused-ring (bicyclic) bond motifs is 1. The van der Waals surface area contributed by atoms with Crippen LogP contribution in [0.3, 0.4) is 0 Å². The Bertz CT molecular complexity index is 872. The number of hydrogen-bond donors (Lipinski definition) is 1. The van der Waals surface area contributed by atoms with E-state index in [-0.39, 0.29) is 18.1 Å². The van der Waals surface area contributed by atoms with Gasteiger partial charge in [0.05, 0.1) is 17.1 Å². The van der Waals surface area contributed by atoms with Crippen molar-refractivity contribution in [1.82, 2.24) is 5.32 Å². The van der Waals surface area contributed by atoms with E-state index in [4.69, 9.17) is 0 Å². The van der Waals surface area contributed by atoms with Crippen LogP contribution < -0.4 is 5.32 Å². The Hall–Kier alpha value is -2.14. The van der Waals surface area contributed by atoms with Crippen LogP contribution >= 0.6 is 0 Å². The topological polar surface area (TPSA) is 63.2 Å². The molecule has 0 fully saturated rings. The first kappa shape index (κ1) is 16.7. The quantitative estimate of drug-likeness (QED) is 0.928. The van der Waals surface area contributed by atoms with E-state index in [1.807, 2.05) is 37.3 Å². The van der Waals surface area contributed by atoms with Gasteiger partial charge in [0.15, 0.2) is 9.84 Å². The lowest BCUT2D eigenvalue weighted by atomic mass is 10.0. The van der Waals surface area contributed by atoms with Crippen LogP contribution in [0.5, 0.6) is 0 Å². The third-order valence-corrected chi connectivity index (χ3v) is 6.32. The molecule has 126 valence electrons. The van der Waals surface area contributed by atoms with Gasteiger partial charge in [0.25, 0.3) is 0 Å². The number of carbonyl (C=O) groups excluding carboxylic acids is 1. The molecular formula is C19H21NO3S. The summed E-state index contributed by atoms with van der Waals surface area (Å²) in [6.45, 7) is 2.52. The highest BCUT2D eigenvalue weighted by Crippen LogP contribution is 2.26. The summed E-state index contributed by atoms with van der Waals surface area (Å²) in [5.74, 6) is 0.160. The van der Waals surface area contributed by atoms with Crippen molar-refractivity contribution in [3.05, 3.63) is 64.7 Å². The van der Waals surface area contributed by atoms with E-state index in [0.29, 0.717) is 17.9 Å². The number of hydrogen-bond acceptors (Lipinski definition) is 3. The van der Waals surface area contributed by atoms with Crippen LogP contribution in [0, 0.1) is 6.92 Å². The molecule has 0 saturated carbocycles. The second-order valence-electron chi connectivity index (χ2n) is 6.24. The molecule has 0 aromatic heterocycles. The number of carbonyl (C=O) groups is 1. The largest absolute Gasteiger partial charge is 0.352 e. The maximum atomic E-state index is 12.2. The molecule has 1 heterocycles. The Morgan fingerprint density at radius 2 is 1.96 bits per heavy atom. The number of nitrogens with one attached hydrogen (secondary N) is 1. The van der Waals surface area contributed by atoms with Crippen LogP contribution in [0.15, 0.2) is 47.4 Å². The predicted octanol–water partition coefficient (Wildman–Crippen LogP) is 2.57. The lowest BCUT2D eigenvalue weighted by Crippen LogP contribution is -2.25. The zero-order valence-corrected chi connectivity index (χ0v) is 14.5.